The van der Waals surface area contributed by atoms with E-state index in [1.807, 2.05) is 0 Å². The van der Waals surface area contributed by atoms with Crippen molar-refractivity contribution >= 4 is 38.8 Å². The zero-order valence-electron chi connectivity index (χ0n) is 35.7. The van der Waals surface area contributed by atoms with Crippen molar-refractivity contribution < 1.29 is 0 Å². The fraction of sp³-hybridized carbons (Fsp3) is 0.180. The van der Waals surface area contributed by atoms with Crippen molar-refractivity contribution in [2.24, 2.45) is 5.92 Å². The van der Waals surface area contributed by atoms with Crippen LogP contribution < -0.4 is 0 Å². The van der Waals surface area contributed by atoms with Crippen LogP contribution in [-0.4, -0.2) is 9.13 Å². The van der Waals surface area contributed by atoms with Crippen LogP contribution in [0.25, 0.3) is 66.7 Å². The minimum Gasteiger partial charge on any atom is -0.333 e. The molecule has 2 atom stereocenters. The molecule has 304 valence electrons. The summed E-state index contributed by atoms with van der Waals surface area (Å²) in [6.07, 6.45) is 31.5. The van der Waals surface area contributed by atoms with Crippen molar-refractivity contribution in [1.29, 1.82) is 0 Å². The van der Waals surface area contributed by atoms with E-state index in [0.29, 0.717) is 5.92 Å². The minimum absolute atomic E-state index is 0.214. The van der Waals surface area contributed by atoms with Gasteiger partial charge in [0, 0.05) is 39.0 Å². The molecule has 0 N–H and O–H groups in total. The molecule has 0 bridgehead atoms. The van der Waals surface area contributed by atoms with Gasteiger partial charge in [0.05, 0.1) is 22.5 Å². The van der Waals surface area contributed by atoms with E-state index in [2.05, 4.69) is 203 Å². The van der Waals surface area contributed by atoms with Crippen LogP contribution in [0.5, 0.6) is 0 Å². The van der Waals surface area contributed by atoms with E-state index in [4.69, 9.17) is 0 Å². The van der Waals surface area contributed by atoms with Crippen molar-refractivity contribution in [3.8, 4) is 27.9 Å². The standard InChI is InChI=1S/C61H50N2/c1-4-16-41(17-5-1)42-28-35-59-53(38-42)54-40-44(43-29-36-58-52(39-43)51-24-12-15-27-57(51)62(58)47-20-8-3-9-21-47)30-37-60(54)63(59)48-33-31-46(32-34-48)61(45-18-6-2-7-19-45)55-25-13-10-22-49(55)50-23-11-14-26-56(50)61/h2-3,6,8-16,18,20-33,35-37,39-40,42,48H,1,4-5,7,17,19,34,38H2. The number of benzene rings is 6. The van der Waals surface area contributed by atoms with Crippen molar-refractivity contribution in [3.05, 3.63) is 227 Å². The van der Waals surface area contributed by atoms with Gasteiger partial charge in [-0.3, -0.25) is 0 Å². The molecule has 0 fully saturated rings. The second kappa shape index (κ2) is 14.6. The lowest BCUT2D eigenvalue weighted by atomic mass is 9.64. The molecule has 0 radical (unpaired) electrons. The van der Waals surface area contributed by atoms with Crippen LogP contribution in [0.2, 0.25) is 0 Å². The monoisotopic (exact) mass is 810 g/mol. The van der Waals surface area contributed by atoms with E-state index in [1.165, 1.54) is 120 Å². The van der Waals surface area contributed by atoms with Gasteiger partial charge in [0.25, 0.3) is 0 Å². The molecule has 2 heterocycles. The highest BCUT2D eigenvalue weighted by Crippen LogP contribution is 2.59. The zero-order chi connectivity index (χ0) is 41.5. The molecular formula is C61H50N2. The summed E-state index contributed by atoms with van der Waals surface area (Å²) < 4.78 is 5.09. The summed E-state index contributed by atoms with van der Waals surface area (Å²) in [5, 5.41) is 3.98. The van der Waals surface area contributed by atoms with Crippen molar-refractivity contribution in [1.82, 2.24) is 9.13 Å². The Morgan fingerprint density at radius 3 is 2.05 bits per heavy atom. The van der Waals surface area contributed by atoms with Crippen molar-refractivity contribution in [2.45, 2.75) is 62.8 Å². The third kappa shape index (κ3) is 5.56. The Bertz CT molecular complexity index is 3310. The van der Waals surface area contributed by atoms with Crippen LogP contribution >= 0.6 is 0 Å². The largest absolute Gasteiger partial charge is 0.333 e. The Kier molecular flexibility index (Phi) is 8.51. The van der Waals surface area contributed by atoms with Gasteiger partial charge < -0.3 is 9.13 Å². The number of rotatable bonds is 6. The fourth-order valence-corrected chi connectivity index (χ4v) is 12.4. The number of allylic oxidation sites excluding steroid dienone is 11. The maximum atomic E-state index is 2.68. The second-order valence-corrected chi connectivity index (χ2v) is 18.4. The number of hydrogen-bond acceptors (Lipinski definition) is 0. The maximum absolute atomic E-state index is 2.68. The summed E-state index contributed by atoms with van der Waals surface area (Å²) in [4.78, 5) is 0. The average Bonchev–Trinajstić information content (AvgIpc) is 3.98. The number of nitrogens with zero attached hydrogens (tertiary/aromatic N) is 2. The minimum atomic E-state index is -0.290. The van der Waals surface area contributed by atoms with Crippen LogP contribution in [0.15, 0.2) is 205 Å². The number of aromatic nitrogens is 2. The molecule has 5 aliphatic rings. The molecule has 8 aromatic rings. The first-order valence-corrected chi connectivity index (χ1v) is 23.3. The van der Waals surface area contributed by atoms with E-state index in [9.17, 15) is 0 Å². The van der Waals surface area contributed by atoms with E-state index < -0.39 is 0 Å². The molecule has 0 saturated carbocycles. The van der Waals surface area contributed by atoms with Gasteiger partial charge in [0.2, 0.25) is 0 Å². The molecule has 0 aliphatic heterocycles. The van der Waals surface area contributed by atoms with E-state index in [-0.39, 0.29) is 11.5 Å². The summed E-state index contributed by atoms with van der Waals surface area (Å²) in [6.45, 7) is 0. The lowest BCUT2D eigenvalue weighted by Crippen LogP contribution is -2.31. The van der Waals surface area contributed by atoms with Gasteiger partial charge in [-0.15, -0.1) is 0 Å². The van der Waals surface area contributed by atoms with E-state index in [0.717, 1.165) is 25.7 Å². The topological polar surface area (TPSA) is 9.86 Å². The molecule has 63 heavy (non-hydrogen) atoms. The molecule has 2 heteroatoms. The van der Waals surface area contributed by atoms with Crippen LogP contribution in [0.3, 0.4) is 0 Å². The Labute approximate surface area is 370 Å². The van der Waals surface area contributed by atoms with Gasteiger partial charge >= 0.3 is 0 Å². The smallest absolute Gasteiger partial charge is 0.0673 e. The SMILES string of the molecule is C1=CCCC(C2(C3=CCC(n4c5c(c6cc(-c7ccc8c(c7)c7ccccc7n8-c7ccccc7)ccc64)CC(C4=CCCCC4)C=C5)C=C3)c3ccccc3-c3ccccc32)=C1. The molecule has 2 nitrogen and oxygen atoms in total. The van der Waals surface area contributed by atoms with Crippen LogP contribution in [0, 0.1) is 5.92 Å². The molecule has 0 saturated heterocycles. The molecule has 2 unspecified atom stereocenters. The first kappa shape index (κ1) is 36.7. The van der Waals surface area contributed by atoms with Crippen molar-refractivity contribution in [2.75, 3.05) is 0 Å². The highest BCUT2D eigenvalue weighted by Gasteiger charge is 2.48. The van der Waals surface area contributed by atoms with Crippen LogP contribution in [-0.2, 0) is 11.8 Å². The lowest BCUT2D eigenvalue weighted by Gasteiger charge is -2.39. The maximum Gasteiger partial charge on any atom is 0.0673 e. The highest BCUT2D eigenvalue weighted by molar-refractivity contribution is 6.10. The van der Waals surface area contributed by atoms with E-state index >= 15 is 0 Å². The van der Waals surface area contributed by atoms with Gasteiger partial charge in [-0.25, -0.2) is 0 Å². The number of fused-ring (bicyclic) bond motifs is 9. The predicted octanol–water partition coefficient (Wildman–Crippen LogP) is 15.8. The zero-order valence-corrected chi connectivity index (χ0v) is 35.7. The van der Waals surface area contributed by atoms with E-state index in [1.54, 1.807) is 5.57 Å². The van der Waals surface area contributed by atoms with Crippen LogP contribution in [0.4, 0.5) is 0 Å². The molecular weight excluding hydrogens is 761 g/mol. The van der Waals surface area contributed by atoms with Gasteiger partial charge in [0.1, 0.15) is 0 Å². The highest BCUT2D eigenvalue weighted by atomic mass is 15.0. The molecule has 0 amide bonds. The average molecular weight is 811 g/mol. The Morgan fingerprint density at radius 1 is 0.571 bits per heavy atom. The molecule has 0 spiro atoms. The number of para-hydroxylation sites is 2. The Hall–Kier alpha value is -6.90. The first-order chi connectivity index (χ1) is 31.3. The number of hydrogen-bond donors (Lipinski definition) is 0. The summed E-state index contributed by atoms with van der Waals surface area (Å²) >= 11 is 0. The lowest BCUT2D eigenvalue weighted by molar-refractivity contribution is 0.592. The summed E-state index contributed by atoms with van der Waals surface area (Å²) in [5.74, 6) is 0.467. The van der Waals surface area contributed by atoms with Gasteiger partial charge in [-0.2, -0.15) is 0 Å². The fourth-order valence-electron chi connectivity index (χ4n) is 12.4. The molecule has 5 aliphatic carbocycles. The first-order valence-electron chi connectivity index (χ1n) is 23.3. The van der Waals surface area contributed by atoms with Crippen molar-refractivity contribution in [3.63, 3.8) is 0 Å². The second-order valence-electron chi connectivity index (χ2n) is 18.4. The predicted molar refractivity (Wildman–Crippen MR) is 264 cm³/mol. The summed E-state index contributed by atoms with van der Waals surface area (Å²) in [5.41, 5.74) is 20.3. The van der Waals surface area contributed by atoms with Crippen LogP contribution in [0.1, 0.15) is 73.4 Å². The normalized spacial score (nSPS) is 19.8. The molecule has 13 rings (SSSR count). The van der Waals surface area contributed by atoms with Gasteiger partial charge in [-0.05, 0) is 144 Å². The summed E-state index contributed by atoms with van der Waals surface area (Å²) in [7, 11) is 0. The molecule has 2 aromatic heterocycles. The Balaban J connectivity index is 0.936. The van der Waals surface area contributed by atoms with Gasteiger partial charge in [0.15, 0.2) is 0 Å². The summed E-state index contributed by atoms with van der Waals surface area (Å²) in [6, 6.07) is 52.6. The quantitative estimate of drug-likeness (QED) is 0.148. The third-order valence-corrected chi connectivity index (χ3v) is 15.2. The Morgan fingerprint density at radius 2 is 1.30 bits per heavy atom. The molecule has 6 aromatic carbocycles. The third-order valence-electron chi connectivity index (χ3n) is 15.2. The van der Waals surface area contributed by atoms with Gasteiger partial charge in [-0.1, -0.05) is 157 Å².